The van der Waals surface area contributed by atoms with Gasteiger partial charge < -0.3 is 20.1 Å². The van der Waals surface area contributed by atoms with Crippen LogP contribution in [0.4, 0.5) is 0 Å². The van der Waals surface area contributed by atoms with Crippen LogP contribution in [0.1, 0.15) is 56.2 Å². The Morgan fingerprint density at radius 3 is 2.67 bits per heavy atom. The van der Waals surface area contributed by atoms with Crippen LogP contribution in [0.2, 0.25) is 0 Å². The summed E-state index contributed by atoms with van der Waals surface area (Å²) in [5.41, 5.74) is 0.516. The quantitative estimate of drug-likeness (QED) is 0.601. The zero-order valence-corrected chi connectivity index (χ0v) is 19.6. The molecule has 2 aromatic rings. The van der Waals surface area contributed by atoms with Crippen LogP contribution in [0.15, 0.2) is 30.5 Å². The number of carbonyl (C=O) groups excluding carboxylic acids is 3. The molecule has 2 amide bonds. The maximum atomic E-state index is 13.5. The third-order valence-corrected chi connectivity index (χ3v) is 5.61. The van der Waals surface area contributed by atoms with Crippen molar-refractivity contribution in [3.63, 3.8) is 0 Å². The molecular formula is C23H31N5O5. The summed E-state index contributed by atoms with van der Waals surface area (Å²) in [5.74, 6) is -0.146. The van der Waals surface area contributed by atoms with E-state index in [1.165, 1.54) is 23.6 Å². The van der Waals surface area contributed by atoms with Crippen molar-refractivity contribution in [1.29, 1.82) is 0 Å². The number of nitrogens with zero attached hydrogens (tertiary/aromatic N) is 4. The van der Waals surface area contributed by atoms with Gasteiger partial charge in [-0.25, -0.2) is 4.68 Å². The van der Waals surface area contributed by atoms with E-state index in [1.54, 1.807) is 30.5 Å². The minimum atomic E-state index is -0.762. The van der Waals surface area contributed by atoms with Gasteiger partial charge >= 0.3 is 0 Å². The summed E-state index contributed by atoms with van der Waals surface area (Å²) < 4.78 is 7.23. The number of nitrogens with one attached hydrogen (secondary N) is 1. The monoisotopic (exact) mass is 457 g/mol. The average Bonchev–Trinajstić information content (AvgIpc) is 3.37. The lowest BCUT2D eigenvalue weighted by Gasteiger charge is -2.34. The zero-order valence-electron chi connectivity index (χ0n) is 19.6. The molecule has 3 rings (SSSR count). The molecule has 2 unspecified atom stereocenters. The van der Waals surface area contributed by atoms with Crippen LogP contribution in [0.3, 0.4) is 0 Å². The molecule has 3 atom stereocenters. The van der Waals surface area contributed by atoms with Crippen LogP contribution in [0, 0.1) is 5.41 Å². The van der Waals surface area contributed by atoms with Crippen LogP contribution in [0.5, 0.6) is 5.75 Å². The van der Waals surface area contributed by atoms with E-state index in [4.69, 9.17) is 4.74 Å². The fourth-order valence-electron chi connectivity index (χ4n) is 3.98. The molecular weight excluding hydrogens is 426 g/mol. The minimum Gasteiger partial charge on any atom is -0.487 e. The van der Waals surface area contributed by atoms with E-state index >= 15 is 0 Å². The molecule has 2 N–H and O–H groups in total. The molecule has 178 valence electrons. The van der Waals surface area contributed by atoms with Gasteiger partial charge in [0, 0.05) is 25.6 Å². The number of Topliss-reactive ketones (excluding diaryl/α,β-unsaturated/α-hetero) is 1. The number of ketones is 1. The van der Waals surface area contributed by atoms with Gasteiger partial charge in [0.2, 0.25) is 11.8 Å². The normalized spacial score (nSPS) is 19.3. The van der Waals surface area contributed by atoms with E-state index in [0.717, 1.165) is 0 Å². The minimum absolute atomic E-state index is 0.0555. The standard InChI is InChI=1S/C23H31N5O5/c1-14(29)15-7-6-8-18(9-15)33-13-16-11-28(26-25-16)20(23(2,3)4)22(32)27-12-17(30)10-19(27)21(31)24-5/h6-9,11,17,19-20,30H,10,12-13H2,1-5H3,(H,24,31)/t17?,19-,20?/m1/s1. The lowest BCUT2D eigenvalue weighted by Crippen LogP contribution is -2.49. The fraction of sp³-hybridized carbons (Fsp3) is 0.522. The van der Waals surface area contributed by atoms with Crippen molar-refractivity contribution in [3.8, 4) is 5.75 Å². The van der Waals surface area contributed by atoms with Crippen LogP contribution in [-0.2, 0) is 16.2 Å². The second-order valence-corrected chi connectivity index (χ2v) is 9.34. The fourth-order valence-corrected chi connectivity index (χ4v) is 3.98. The molecule has 1 fully saturated rings. The molecule has 2 heterocycles. The Kier molecular flexibility index (Phi) is 7.16. The molecule has 1 saturated heterocycles. The predicted octanol–water partition coefficient (Wildman–Crippen LogP) is 1.35. The van der Waals surface area contributed by atoms with Crippen molar-refractivity contribution in [2.75, 3.05) is 13.6 Å². The first-order valence-electron chi connectivity index (χ1n) is 10.9. The highest BCUT2D eigenvalue weighted by Gasteiger charge is 2.45. The number of hydrogen-bond acceptors (Lipinski definition) is 7. The average molecular weight is 458 g/mol. The van der Waals surface area contributed by atoms with Crippen molar-refractivity contribution in [1.82, 2.24) is 25.2 Å². The number of benzene rings is 1. The molecule has 1 aliphatic heterocycles. The Bertz CT molecular complexity index is 1030. The van der Waals surface area contributed by atoms with E-state index in [2.05, 4.69) is 15.6 Å². The largest absolute Gasteiger partial charge is 0.487 e. The Morgan fingerprint density at radius 2 is 2.03 bits per heavy atom. The van der Waals surface area contributed by atoms with E-state index in [-0.39, 0.29) is 37.2 Å². The Balaban J connectivity index is 1.79. The van der Waals surface area contributed by atoms with Gasteiger partial charge in [-0.3, -0.25) is 14.4 Å². The number of aliphatic hydroxyl groups is 1. The maximum absolute atomic E-state index is 13.5. The van der Waals surface area contributed by atoms with Crippen molar-refractivity contribution < 1.29 is 24.2 Å². The van der Waals surface area contributed by atoms with Crippen molar-refractivity contribution in [2.45, 2.75) is 58.9 Å². The molecule has 1 aliphatic rings. The van der Waals surface area contributed by atoms with Crippen molar-refractivity contribution >= 4 is 17.6 Å². The number of rotatable bonds is 7. The SMILES string of the molecule is CNC(=O)[C@H]1CC(O)CN1C(=O)C(n1cc(COc2cccc(C(C)=O)c2)nn1)C(C)(C)C. The van der Waals surface area contributed by atoms with Gasteiger partial charge in [-0.2, -0.15) is 0 Å². The summed E-state index contributed by atoms with van der Waals surface area (Å²) >= 11 is 0. The summed E-state index contributed by atoms with van der Waals surface area (Å²) in [6, 6.07) is 5.39. The van der Waals surface area contributed by atoms with E-state index in [1.807, 2.05) is 20.8 Å². The van der Waals surface area contributed by atoms with Crippen molar-refractivity contribution in [3.05, 3.63) is 41.7 Å². The lowest BCUT2D eigenvalue weighted by atomic mass is 9.85. The predicted molar refractivity (Wildman–Crippen MR) is 119 cm³/mol. The molecule has 10 nitrogen and oxygen atoms in total. The summed E-state index contributed by atoms with van der Waals surface area (Å²) in [6.45, 7) is 7.39. The van der Waals surface area contributed by atoms with Crippen LogP contribution < -0.4 is 10.1 Å². The van der Waals surface area contributed by atoms with E-state index in [9.17, 15) is 19.5 Å². The number of aromatic nitrogens is 3. The molecule has 1 aromatic carbocycles. The molecule has 0 radical (unpaired) electrons. The first-order valence-corrected chi connectivity index (χ1v) is 10.9. The van der Waals surface area contributed by atoms with Crippen LogP contribution >= 0.6 is 0 Å². The second-order valence-electron chi connectivity index (χ2n) is 9.34. The number of β-amino-alcohol motifs (C(OH)–C–C–N with tert-alkyl or cyclic N) is 1. The maximum Gasteiger partial charge on any atom is 0.248 e. The summed E-state index contributed by atoms with van der Waals surface area (Å²) in [6.07, 6.45) is 1.07. The molecule has 10 heteroatoms. The first kappa shape index (κ1) is 24.4. The number of amides is 2. The van der Waals surface area contributed by atoms with Gasteiger partial charge in [-0.05, 0) is 24.5 Å². The summed E-state index contributed by atoms with van der Waals surface area (Å²) in [4.78, 5) is 38.8. The van der Waals surface area contributed by atoms with Crippen LogP contribution in [-0.4, -0.2) is 68.3 Å². The van der Waals surface area contributed by atoms with Gasteiger partial charge in [0.25, 0.3) is 0 Å². The highest BCUT2D eigenvalue weighted by Crippen LogP contribution is 2.34. The number of ether oxygens (including phenoxy) is 1. The number of carbonyl (C=O) groups is 3. The smallest absolute Gasteiger partial charge is 0.248 e. The highest BCUT2D eigenvalue weighted by atomic mass is 16.5. The van der Waals surface area contributed by atoms with Gasteiger partial charge in [0.15, 0.2) is 5.78 Å². The van der Waals surface area contributed by atoms with Gasteiger partial charge in [0.1, 0.15) is 30.1 Å². The molecule has 0 spiro atoms. The molecule has 0 bridgehead atoms. The van der Waals surface area contributed by atoms with Gasteiger partial charge in [0.05, 0.1) is 12.3 Å². The zero-order chi connectivity index (χ0) is 24.3. The highest BCUT2D eigenvalue weighted by molar-refractivity contribution is 5.94. The summed E-state index contributed by atoms with van der Waals surface area (Å²) in [7, 11) is 1.51. The molecule has 0 saturated carbocycles. The van der Waals surface area contributed by atoms with E-state index in [0.29, 0.717) is 17.0 Å². The third-order valence-electron chi connectivity index (χ3n) is 5.61. The molecule has 0 aliphatic carbocycles. The number of aliphatic hydroxyl groups excluding tert-OH is 1. The van der Waals surface area contributed by atoms with E-state index < -0.39 is 23.6 Å². The number of hydrogen-bond donors (Lipinski definition) is 2. The molecule has 1 aromatic heterocycles. The van der Waals surface area contributed by atoms with Gasteiger partial charge in [-0.1, -0.05) is 38.1 Å². The van der Waals surface area contributed by atoms with Gasteiger partial charge in [-0.15, -0.1) is 5.10 Å². The number of likely N-dealkylation sites (tertiary alicyclic amines) is 1. The Labute approximate surface area is 192 Å². The topological polar surface area (TPSA) is 127 Å². The second kappa shape index (κ2) is 9.70. The van der Waals surface area contributed by atoms with Crippen LogP contribution in [0.25, 0.3) is 0 Å². The summed E-state index contributed by atoms with van der Waals surface area (Å²) in [5, 5.41) is 21.0. The number of likely N-dealkylation sites (N-methyl/N-ethyl adjacent to an activating group) is 1. The lowest BCUT2D eigenvalue weighted by molar-refractivity contribution is -0.144. The molecule has 33 heavy (non-hydrogen) atoms. The first-order chi connectivity index (χ1) is 15.5. The Morgan fingerprint density at radius 1 is 1.30 bits per heavy atom. The third kappa shape index (κ3) is 5.57. The Hall–Kier alpha value is -3.27. The van der Waals surface area contributed by atoms with Crippen molar-refractivity contribution in [2.24, 2.45) is 5.41 Å².